The zero-order chi connectivity index (χ0) is 19.6. The van der Waals surface area contributed by atoms with Crippen molar-refractivity contribution in [3.63, 3.8) is 0 Å². The highest BCUT2D eigenvalue weighted by atomic mass is 32.2. The standard InChI is InChI=1S/C18H25N3O5S/c19-27(25,26)11-13-3-5-14(6-4-13)18(24)20-15-7-16(8-15)21(10-17(22)23)9-12-1-2-12/h3-6,12,15-16H,1-2,7-11H2,(H,20,24)(H,22,23)(H2,19,25,26). The summed E-state index contributed by atoms with van der Waals surface area (Å²) in [7, 11) is -3.60. The molecule has 0 bridgehead atoms. The van der Waals surface area contributed by atoms with Gasteiger partial charge in [-0.25, -0.2) is 13.6 Å². The van der Waals surface area contributed by atoms with Crippen LogP contribution in [-0.2, 0) is 20.6 Å². The minimum Gasteiger partial charge on any atom is -0.480 e. The van der Waals surface area contributed by atoms with Gasteiger partial charge in [0.25, 0.3) is 5.91 Å². The van der Waals surface area contributed by atoms with E-state index in [2.05, 4.69) is 5.32 Å². The summed E-state index contributed by atoms with van der Waals surface area (Å²) in [5, 5.41) is 17.0. The summed E-state index contributed by atoms with van der Waals surface area (Å²) < 4.78 is 22.2. The third kappa shape index (κ3) is 6.02. The topological polar surface area (TPSA) is 130 Å². The van der Waals surface area contributed by atoms with Gasteiger partial charge in [0.05, 0.1) is 12.3 Å². The van der Waals surface area contributed by atoms with Crippen LogP contribution in [0, 0.1) is 5.92 Å². The molecule has 1 amide bonds. The number of nitrogens with one attached hydrogen (secondary N) is 1. The fourth-order valence-electron chi connectivity index (χ4n) is 3.41. The summed E-state index contributed by atoms with van der Waals surface area (Å²) in [6.45, 7) is 0.872. The Morgan fingerprint density at radius 1 is 1.19 bits per heavy atom. The van der Waals surface area contributed by atoms with E-state index in [-0.39, 0.29) is 30.3 Å². The molecule has 0 saturated heterocycles. The predicted octanol–water partition coefficient (Wildman–Crippen LogP) is 0.533. The highest BCUT2D eigenvalue weighted by Crippen LogP contribution is 2.33. The molecular formula is C18H25N3O5S. The van der Waals surface area contributed by atoms with E-state index in [4.69, 9.17) is 10.2 Å². The fraction of sp³-hybridized carbons (Fsp3) is 0.556. The summed E-state index contributed by atoms with van der Waals surface area (Å²) in [6.07, 6.45) is 3.83. The van der Waals surface area contributed by atoms with Crippen molar-refractivity contribution in [1.82, 2.24) is 10.2 Å². The molecule has 2 aliphatic carbocycles. The SMILES string of the molecule is NS(=O)(=O)Cc1ccc(C(=O)NC2CC(N(CC(=O)O)CC3CC3)C2)cc1. The molecular weight excluding hydrogens is 370 g/mol. The molecule has 0 spiro atoms. The molecule has 27 heavy (non-hydrogen) atoms. The summed E-state index contributed by atoms with van der Waals surface area (Å²) in [6, 6.07) is 6.54. The van der Waals surface area contributed by atoms with Gasteiger partial charge in [-0.2, -0.15) is 0 Å². The van der Waals surface area contributed by atoms with Crippen molar-refractivity contribution in [3.8, 4) is 0 Å². The molecule has 1 aromatic carbocycles. The average molecular weight is 395 g/mol. The highest BCUT2D eigenvalue weighted by Gasteiger charge is 2.37. The minimum atomic E-state index is -3.60. The summed E-state index contributed by atoms with van der Waals surface area (Å²) in [5.41, 5.74) is 0.985. The van der Waals surface area contributed by atoms with E-state index < -0.39 is 16.0 Å². The van der Waals surface area contributed by atoms with Crippen molar-refractivity contribution in [2.75, 3.05) is 13.1 Å². The predicted molar refractivity (Wildman–Crippen MR) is 99.5 cm³/mol. The lowest BCUT2D eigenvalue weighted by atomic mass is 9.85. The smallest absolute Gasteiger partial charge is 0.317 e. The van der Waals surface area contributed by atoms with Crippen LogP contribution in [0.1, 0.15) is 41.6 Å². The number of aliphatic carboxylic acids is 1. The Labute approximate surface area is 158 Å². The molecule has 0 atom stereocenters. The first-order chi connectivity index (χ1) is 12.7. The number of carboxylic acid groups (broad SMARTS) is 1. The van der Waals surface area contributed by atoms with Gasteiger partial charge < -0.3 is 10.4 Å². The van der Waals surface area contributed by atoms with Gasteiger partial charge in [0.1, 0.15) is 0 Å². The number of hydrogen-bond acceptors (Lipinski definition) is 5. The van der Waals surface area contributed by atoms with Crippen molar-refractivity contribution in [1.29, 1.82) is 0 Å². The lowest BCUT2D eigenvalue weighted by molar-refractivity contribution is -0.139. The molecule has 1 aromatic rings. The fourth-order valence-corrected chi connectivity index (χ4v) is 4.06. The van der Waals surface area contributed by atoms with Gasteiger partial charge in [0.2, 0.25) is 10.0 Å². The minimum absolute atomic E-state index is 0.0297. The summed E-state index contributed by atoms with van der Waals surface area (Å²) >= 11 is 0. The number of carboxylic acids is 1. The molecule has 2 saturated carbocycles. The maximum Gasteiger partial charge on any atom is 0.317 e. The molecule has 0 heterocycles. The van der Waals surface area contributed by atoms with Crippen LogP contribution in [0.3, 0.4) is 0 Å². The second-order valence-corrected chi connectivity index (χ2v) is 9.18. The molecule has 4 N–H and O–H groups in total. The monoisotopic (exact) mass is 395 g/mol. The Kier molecular flexibility index (Phi) is 5.83. The van der Waals surface area contributed by atoms with E-state index >= 15 is 0 Å². The van der Waals surface area contributed by atoms with E-state index in [1.165, 1.54) is 12.8 Å². The van der Waals surface area contributed by atoms with Crippen molar-refractivity contribution in [3.05, 3.63) is 35.4 Å². The van der Waals surface area contributed by atoms with Crippen LogP contribution in [0.15, 0.2) is 24.3 Å². The Morgan fingerprint density at radius 3 is 2.33 bits per heavy atom. The second-order valence-electron chi connectivity index (χ2n) is 7.57. The number of amides is 1. The first-order valence-corrected chi connectivity index (χ1v) is 10.8. The number of nitrogens with two attached hydrogens (primary N) is 1. The van der Waals surface area contributed by atoms with Crippen LogP contribution >= 0.6 is 0 Å². The van der Waals surface area contributed by atoms with E-state index in [9.17, 15) is 18.0 Å². The maximum absolute atomic E-state index is 12.3. The van der Waals surface area contributed by atoms with Gasteiger partial charge in [0, 0.05) is 24.2 Å². The number of carbonyl (C=O) groups is 2. The van der Waals surface area contributed by atoms with Crippen LogP contribution < -0.4 is 10.5 Å². The van der Waals surface area contributed by atoms with Crippen molar-refractivity contribution < 1.29 is 23.1 Å². The van der Waals surface area contributed by atoms with E-state index in [0.29, 0.717) is 17.0 Å². The zero-order valence-corrected chi connectivity index (χ0v) is 15.8. The lowest BCUT2D eigenvalue weighted by Gasteiger charge is -2.42. The van der Waals surface area contributed by atoms with Crippen LogP contribution in [0.2, 0.25) is 0 Å². The molecule has 0 unspecified atom stereocenters. The van der Waals surface area contributed by atoms with E-state index in [1.54, 1.807) is 24.3 Å². The molecule has 0 radical (unpaired) electrons. The van der Waals surface area contributed by atoms with Crippen LogP contribution in [0.25, 0.3) is 0 Å². The first kappa shape index (κ1) is 19.8. The van der Waals surface area contributed by atoms with Gasteiger partial charge in [-0.05, 0) is 49.3 Å². The van der Waals surface area contributed by atoms with Crippen LogP contribution in [-0.4, -0.2) is 55.5 Å². The highest BCUT2D eigenvalue weighted by molar-refractivity contribution is 7.88. The third-order valence-corrected chi connectivity index (χ3v) is 5.81. The largest absolute Gasteiger partial charge is 0.480 e. The summed E-state index contributed by atoms with van der Waals surface area (Å²) in [5.74, 6) is -0.677. The van der Waals surface area contributed by atoms with Crippen LogP contribution in [0.5, 0.6) is 0 Å². The molecule has 0 aliphatic heterocycles. The number of nitrogens with zero attached hydrogens (tertiary/aromatic N) is 1. The van der Waals surface area contributed by atoms with Gasteiger partial charge in [-0.3, -0.25) is 14.5 Å². The van der Waals surface area contributed by atoms with Gasteiger partial charge in [0.15, 0.2) is 0 Å². The number of rotatable bonds is 9. The van der Waals surface area contributed by atoms with Crippen molar-refractivity contribution >= 4 is 21.9 Å². The molecule has 0 aromatic heterocycles. The third-order valence-electron chi connectivity index (χ3n) is 5.08. The molecule has 3 rings (SSSR count). The van der Waals surface area contributed by atoms with Gasteiger partial charge >= 0.3 is 5.97 Å². The first-order valence-electron chi connectivity index (χ1n) is 9.06. The maximum atomic E-state index is 12.3. The normalized spacial score (nSPS) is 22.3. The lowest BCUT2D eigenvalue weighted by Crippen LogP contribution is -2.55. The number of sulfonamides is 1. The number of primary sulfonamides is 1. The Morgan fingerprint density at radius 2 is 1.81 bits per heavy atom. The molecule has 2 aliphatic rings. The molecule has 8 nitrogen and oxygen atoms in total. The van der Waals surface area contributed by atoms with Crippen molar-refractivity contribution in [2.24, 2.45) is 11.1 Å². The summed E-state index contributed by atoms with van der Waals surface area (Å²) in [4.78, 5) is 25.4. The molecule has 2 fully saturated rings. The van der Waals surface area contributed by atoms with Crippen molar-refractivity contribution in [2.45, 2.75) is 43.5 Å². The number of hydrogen-bond donors (Lipinski definition) is 3. The average Bonchev–Trinajstić information content (AvgIpc) is 3.32. The Hall–Kier alpha value is -1.97. The van der Waals surface area contributed by atoms with E-state index in [1.807, 2.05) is 4.90 Å². The molecule has 148 valence electrons. The van der Waals surface area contributed by atoms with E-state index in [0.717, 1.165) is 19.4 Å². The Balaban J connectivity index is 1.48. The zero-order valence-electron chi connectivity index (χ0n) is 15.0. The number of carbonyl (C=O) groups excluding carboxylic acids is 1. The Bertz CT molecular complexity index is 799. The van der Waals surface area contributed by atoms with Crippen LogP contribution in [0.4, 0.5) is 0 Å². The second kappa shape index (κ2) is 7.95. The molecule has 9 heteroatoms. The number of benzene rings is 1. The quantitative estimate of drug-likeness (QED) is 0.559. The van der Waals surface area contributed by atoms with Gasteiger partial charge in [-0.1, -0.05) is 12.1 Å². The van der Waals surface area contributed by atoms with Gasteiger partial charge in [-0.15, -0.1) is 0 Å².